The van der Waals surface area contributed by atoms with Crippen molar-refractivity contribution in [3.63, 3.8) is 0 Å². The summed E-state index contributed by atoms with van der Waals surface area (Å²) < 4.78 is 16.6. The summed E-state index contributed by atoms with van der Waals surface area (Å²) >= 11 is 0. The molecule has 0 spiro atoms. The van der Waals surface area contributed by atoms with Gasteiger partial charge in [0.05, 0.1) is 36.9 Å². The number of rotatable bonds is 20. The van der Waals surface area contributed by atoms with E-state index in [1.165, 1.54) is 0 Å². The van der Waals surface area contributed by atoms with Gasteiger partial charge in [-0.15, -0.1) is 0 Å². The molecule has 0 fully saturated rings. The highest BCUT2D eigenvalue weighted by Gasteiger charge is 2.34. The maximum atomic E-state index is 12.7. The molecule has 41 heavy (non-hydrogen) atoms. The zero-order chi connectivity index (χ0) is 31.0. The second-order valence-corrected chi connectivity index (χ2v) is 11.9. The predicted molar refractivity (Wildman–Crippen MR) is 162 cm³/mol. The molecule has 1 aromatic rings. The Labute approximate surface area is 247 Å². The van der Waals surface area contributed by atoms with Crippen LogP contribution in [0.4, 0.5) is 0 Å². The first-order valence-corrected chi connectivity index (χ1v) is 14.8. The van der Waals surface area contributed by atoms with Crippen LogP contribution >= 0.6 is 0 Å². The number of carbonyl (C=O) groups is 1. The zero-order valence-electron chi connectivity index (χ0n) is 26.7. The minimum absolute atomic E-state index is 0.00714. The average Bonchev–Trinajstić information content (AvgIpc) is 2.92. The van der Waals surface area contributed by atoms with Crippen LogP contribution in [0.1, 0.15) is 79.7 Å². The van der Waals surface area contributed by atoms with Gasteiger partial charge in [-0.1, -0.05) is 33.3 Å². The lowest BCUT2D eigenvalue weighted by Crippen LogP contribution is -2.48. The van der Waals surface area contributed by atoms with Gasteiger partial charge < -0.3 is 24.6 Å². The van der Waals surface area contributed by atoms with Gasteiger partial charge in [0.25, 0.3) is 0 Å². The Kier molecular flexibility index (Phi) is 16.9. The van der Waals surface area contributed by atoms with Crippen LogP contribution in [0.25, 0.3) is 0 Å². The highest BCUT2D eigenvalue weighted by atomic mass is 16.7. The monoisotopic (exact) mass is 578 g/mol. The second-order valence-electron chi connectivity index (χ2n) is 11.9. The molecule has 0 aliphatic carbocycles. The zero-order valence-corrected chi connectivity index (χ0v) is 26.7. The van der Waals surface area contributed by atoms with Gasteiger partial charge in [-0.05, 0) is 76.5 Å². The predicted octanol–water partition coefficient (Wildman–Crippen LogP) is 4.67. The lowest BCUT2D eigenvalue weighted by molar-refractivity contribution is -0.124. The summed E-state index contributed by atoms with van der Waals surface area (Å²) in [7, 11) is 3.28. The van der Waals surface area contributed by atoms with Crippen LogP contribution in [0.5, 0.6) is 11.5 Å². The number of hydrogen-bond acceptors (Lipinski definition) is 8. The Morgan fingerprint density at radius 2 is 1.78 bits per heavy atom. The van der Waals surface area contributed by atoms with E-state index < -0.39 is 23.7 Å². The highest BCUT2D eigenvalue weighted by Crippen LogP contribution is 2.32. The number of unbranched alkanes of at least 4 members (excludes halogenated alkanes) is 1. The minimum atomic E-state index is -1.27. The van der Waals surface area contributed by atoms with Gasteiger partial charge in [-0.25, -0.2) is 4.79 Å². The molecule has 0 saturated carbocycles. The third-order valence-corrected chi connectivity index (χ3v) is 7.00. The first-order chi connectivity index (χ1) is 19.4. The van der Waals surface area contributed by atoms with Gasteiger partial charge in [0.1, 0.15) is 12.0 Å². The van der Waals surface area contributed by atoms with Gasteiger partial charge in [-0.2, -0.15) is 5.48 Å². The van der Waals surface area contributed by atoms with Crippen LogP contribution in [-0.2, 0) is 25.6 Å². The molecule has 0 unspecified atom stereocenters. The topological polar surface area (TPSA) is 115 Å². The minimum Gasteiger partial charge on any atom is -0.493 e. The molecule has 0 heterocycles. The van der Waals surface area contributed by atoms with E-state index >= 15 is 0 Å². The van der Waals surface area contributed by atoms with Gasteiger partial charge in [0, 0.05) is 26.7 Å². The quantitative estimate of drug-likeness (QED) is 0.116. The molecule has 234 valence electrons. The molecular formula is C32H54N2O7. The number of hydroxylamine groups is 1. The van der Waals surface area contributed by atoms with Crippen molar-refractivity contribution in [3.05, 3.63) is 29.3 Å². The normalized spacial score (nSPS) is 14.6. The van der Waals surface area contributed by atoms with Gasteiger partial charge >= 0.3 is 0 Å². The largest absolute Gasteiger partial charge is 0.493 e. The van der Waals surface area contributed by atoms with Crippen LogP contribution in [0.3, 0.4) is 0 Å². The SMILES string of the molecule is CCCCNC(=O)[C@H](C)C(=C=O)[C@H](O)[C@H](C[C@H](Cc1ccc(OC)c(OCCCOC)c1)C(C)C)NOC(C)(C)C. The fraction of sp³-hybridized carbons (Fsp3) is 0.719. The molecule has 3 N–H and O–H groups in total. The van der Waals surface area contributed by atoms with Crippen molar-refractivity contribution < 1.29 is 33.7 Å². The molecule has 0 radical (unpaired) electrons. The number of methoxy groups -OCH3 is 2. The number of amides is 1. The van der Waals surface area contributed by atoms with E-state index in [4.69, 9.17) is 19.0 Å². The Hall–Kier alpha value is -2.42. The van der Waals surface area contributed by atoms with Crippen LogP contribution in [0.2, 0.25) is 0 Å². The first kappa shape index (κ1) is 36.6. The third kappa shape index (κ3) is 13.4. The van der Waals surface area contributed by atoms with Crippen molar-refractivity contribution in [3.8, 4) is 11.5 Å². The molecule has 0 aliphatic rings. The Morgan fingerprint density at radius 1 is 1.07 bits per heavy atom. The summed E-state index contributed by atoms with van der Waals surface area (Å²) in [6, 6.07) is 5.26. The van der Waals surface area contributed by atoms with Crippen LogP contribution < -0.4 is 20.3 Å². The smallest absolute Gasteiger partial charge is 0.227 e. The Balaban J connectivity index is 3.20. The molecule has 1 aromatic carbocycles. The van der Waals surface area contributed by atoms with Crippen molar-refractivity contribution in [2.24, 2.45) is 17.8 Å². The summed E-state index contributed by atoms with van der Waals surface area (Å²) in [6.07, 6.45) is 2.46. The molecule has 9 heteroatoms. The number of ether oxygens (including phenoxy) is 3. The van der Waals surface area contributed by atoms with Gasteiger partial charge in [0.2, 0.25) is 5.91 Å². The molecule has 0 saturated heterocycles. The van der Waals surface area contributed by atoms with Gasteiger partial charge in [-0.3, -0.25) is 9.63 Å². The molecule has 1 amide bonds. The number of aliphatic hydroxyl groups excluding tert-OH is 1. The van der Waals surface area contributed by atoms with E-state index in [0.717, 1.165) is 24.8 Å². The lowest BCUT2D eigenvalue weighted by Gasteiger charge is -2.33. The van der Waals surface area contributed by atoms with Crippen molar-refractivity contribution in [1.82, 2.24) is 10.8 Å². The van der Waals surface area contributed by atoms with Gasteiger partial charge in [0.15, 0.2) is 11.5 Å². The number of carbonyl (C=O) groups excluding carboxylic acids is 2. The molecule has 1 rings (SSSR count). The summed E-state index contributed by atoms with van der Waals surface area (Å²) in [5.41, 5.74) is 3.55. The summed E-state index contributed by atoms with van der Waals surface area (Å²) in [5.74, 6) is 2.42. The standard InChI is InChI=1S/C32H54N2O7/c1-10-11-15-33-31(37)23(4)26(21-35)30(36)27(34-41-32(5,6)7)20-25(22(2)3)18-24-13-14-28(39-9)29(19-24)40-17-12-16-38-8/h13-14,19,22-23,25,27,30,34,36H,10-12,15-18,20H2,1-9H3,(H,33,37)/t23-,25+,27+,30+/m1/s1. The van der Waals surface area contributed by atoms with Crippen molar-refractivity contribution in [1.29, 1.82) is 0 Å². The molecule has 0 bridgehead atoms. The number of hydrogen-bond donors (Lipinski definition) is 3. The van der Waals surface area contributed by atoms with Crippen molar-refractivity contribution in [2.75, 3.05) is 34.0 Å². The van der Waals surface area contributed by atoms with E-state index in [1.807, 2.05) is 51.8 Å². The average molecular weight is 579 g/mol. The van der Waals surface area contributed by atoms with E-state index in [2.05, 4.69) is 24.6 Å². The van der Waals surface area contributed by atoms with Crippen LogP contribution in [-0.4, -0.2) is 68.7 Å². The van der Waals surface area contributed by atoms with E-state index in [-0.39, 0.29) is 23.3 Å². The van der Waals surface area contributed by atoms with E-state index in [1.54, 1.807) is 21.1 Å². The van der Waals surface area contributed by atoms with Crippen LogP contribution in [0.15, 0.2) is 23.8 Å². The summed E-state index contributed by atoms with van der Waals surface area (Å²) in [4.78, 5) is 30.7. The number of nitrogens with one attached hydrogen (secondary N) is 2. The maximum Gasteiger partial charge on any atom is 0.227 e. The Morgan fingerprint density at radius 3 is 2.34 bits per heavy atom. The Bertz CT molecular complexity index is 954. The number of aliphatic hydroxyl groups is 1. The van der Waals surface area contributed by atoms with Crippen molar-refractivity contribution in [2.45, 2.75) is 98.3 Å². The second kappa shape index (κ2) is 18.9. The first-order valence-electron chi connectivity index (χ1n) is 14.8. The molecule has 0 aromatic heterocycles. The highest BCUT2D eigenvalue weighted by molar-refractivity contribution is 5.84. The molecule has 0 aliphatic heterocycles. The van der Waals surface area contributed by atoms with E-state index in [9.17, 15) is 14.7 Å². The van der Waals surface area contributed by atoms with Crippen LogP contribution in [0, 0.1) is 17.8 Å². The fourth-order valence-corrected chi connectivity index (χ4v) is 4.36. The summed E-state index contributed by atoms with van der Waals surface area (Å²) in [5, 5.41) is 14.3. The summed E-state index contributed by atoms with van der Waals surface area (Å²) in [6.45, 7) is 15.3. The molecule has 4 atom stereocenters. The maximum absolute atomic E-state index is 12.7. The van der Waals surface area contributed by atoms with Crippen molar-refractivity contribution >= 4 is 11.8 Å². The molecular weight excluding hydrogens is 524 g/mol. The third-order valence-electron chi connectivity index (χ3n) is 7.00. The lowest BCUT2D eigenvalue weighted by atomic mass is 9.81. The fourth-order valence-electron chi connectivity index (χ4n) is 4.36. The number of benzene rings is 1. The molecule has 9 nitrogen and oxygen atoms in total. The van der Waals surface area contributed by atoms with E-state index in [0.29, 0.717) is 44.1 Å².